The van der Waals surface area contributed by atoms with E-state index in [1.54, 1.807) is 6.07 Å². The maximum absolute atomic E-state index is 12.7. The van der Waals surface area contributed by atoms with Crippen molar-refractivity contribution in [3.63, 3.8) is 0 Å². The highest BCUT2D eigenvalue weighted by Crippen LogP contribution is 2.16. The number of urea groups is 1. The van der Waals surface area contributed by atoms with Crippen molar-refractivity contribution in [1.29, 1.82) is 0 Å². The number of hydrogen-bond donors (Lipinski definition) is 3. The van der Waals surface area contributed by atoms with Gasteiger partial charge in [0, 0.05) is 11.9 Å². The van der Waals surface area contributed by atoms with Crippen LogP contribution in [0.5, 0.6) is 0 Å². The molecule has 0 unspecified atom stereocenters. The summed E-state index contributed by atoms with van der Waals surface area (Å²) in [6.07, 6.45) is 2.96. The minimum Gasteiger partial charge on any atom is -0.396 e. The Kier molecular flexibility index (Phi) is 3.38. The number of benzene rings is 1. The van der Waals surface area contributed by atoms with Crippen LogP contribution in [0.4, 0.5) is 26.2 Å². The van der Waals surface area contributed by atoms with Crippen molar-refractivity contribution in [3.8, 4) is 0 Å². The van der Waals surface area contributed by atoms with Crippen molar-refractivity contribution in [3.05, 3.63) is 48.5 Å². The van der Waals surface area contributed by atoms with Gasteiger partial charge in [-0.3, -0.25) is 4.98 Å². The molecular formula is C12H11FN4O. The molecular weight excluding hydrogens is 235 g/mol. The molecule has 6 heteroatoms. The maximum Gasteiger partial charge on any atom is 0.323 e. The van der Waals surface area contributed by atoms with E-state index in [1.165, 1.54) is 36.7 Å². The van der Waals surface area contributed by atoms with Crippen molar-refractivity contribution in [2.24, 2.45) is 0 Å². The van der Waals surface area contributed by atoms with Gasteiger partial charge in [0.05, 0.1) is 17.6 Å². The van der Waals surface area contributed by atoms with Crippen molar-refractivity contribution in [2.45, 2.75) is 0 Å². The first-order chi connectivity index (χ1) is 8.65. The number of amides is 2. The van der Waals surface area contributed by atoms with Crippen LogP contribution in [0.1, 0.15) is 0 Å². The highest BCUT2D eigenvalue weighted by atomic mass is 19.1. The zero-order valence-electron chi connectivity index (χ0n) is 9.35. The molecule has 18 heavy (non-hydrogen) atoms. The molecule has 2 amide bonds. The van der Waals surface area contributed by atoms with E-state index < -0.39 is 6.03 Å². The summed E-state index contributed by atoms with van der Waals surface area (Å²) >= 11 is 0. The first kappa shape index (κ1) is 11.8. The average molecular weight is 246 g/mol. The number of anilines is 3. The van der Waals surface area contributed by atoms with Gasteiger partial charge < -0.3 is 16.4 Å². The first-order valence-corrected chi connectivity index (χ1v) is 5.18. The number of nitrogen functional groups attached to an aromatic ring is 1. The molecule has 0 atom stereocenters. The van der Waals surface area contributed by atoms with Crippen LogP contribution < -0.4 is 16.4 Å². The fraction of sp³-hybridized carbons (Fsp3) is 0. The lowest BCUT2D eigenvalue weighted by molar-refractivity contribution is 0.262. The van der Waals surface area contributed by atoms with Gasteiger partial charge in [0.2, 0.25) is 0 Å². The van der Waals surface area contributed by atoms with E-state index in [9.17, 15) is 9.18 Å². The van der Waals surface area contributed by atoms with Crippen LogP contribution in [0.3, 0.4) is 0 Å². The Morgan fingerprint density at radius 3 is 2.56 bits per heavy atom. The maximum atomic E-state index is 12.7. The fourth-order valence-electron chi connectivity index (χ4n) is 1.34. The standard InChI is InChI=1S/C12H11FN4O/c13-8-1-3-9(4-2-8)16-12(18)17-11-5-6-15-7-10(11)14/h1-7H,14H2,(H2,15,16,17,18). The van der Waals surface area contributed by atoms with Gasteiger partial charge in [-0.1, -0.05) is 0 Å². The molecule has 0 bridgehead atoms. The molecule has 2 rings (SSSR count). The third-order valence-corrected chi connectivity index (χ3v) is 2.20. The van der Waals surface area contributed by atoms with Crippen LogP contribution in [-0.4, -0.2) is 11.0 Å². The van der Waals surface area contributed by atoms with Crippen LogP contribution in [-0.2, 0) is 0 Å². The van der Waals surface area contributed by atoms with E-state index in [2.05, 4.69) is 15.6 Å². The summed E-state index contributed by atoms with van der Waals surface area (Å²) in [7, 11) is 0. The molecule has 0 aliphatic heterocycles. The Morgan fingerprint density at radius 1 is 1.17 bits per heavy atom. The number of aromatic nitrogens is 1. The Morgan fingerprint density at radius 2 is 1.89 bits per heavy atom. The van der Waals surface area contributed by atoms with E-state index >= 15 is 0 Å². The zero-order chi connectivity index (χ0) is 13.0. The second-order valence-electron chi connectivity index (χ2n) is 3.55. The molecule has 2 aromatic rings. The fourth-order valence-corrected chi connectivity index (χ4v) is 1.34. The van der Waals surface area contributed by atoms with Gasteiger partial charge in [0.1, 0.15) is 5.82 Å². The van der Waals surface area contributed by atoms with Crippen LogP contribution >= 0.6 is 0 Å². The van der Waals surface area contributed by atoms with Crippen LogP contribution in [0.15, 0.2) is 42.7 Å². The lowest BCUT2D eigenvalue weighted by Crippen LogP contribution is -2.20. The van der Waals surface area contributed by atoms with Gasteiger partial charge in [-0.25, -0.2) is 9.18 Å². The molecule has 0 radical (unpaired) electrons. The molecule has 0 fully saturated rings. The van der Waals surface area contributed by atoms with Gasteiger partial charge in [-0.05, 0) is 30.3 Å². The Balaban J connectivity index is 2.01. The summed E-state index contributed by atoms with van der Waals surface area (Å²) in [4.78, 5) is 15.4. The van der Waals surface area contributed by atoms with E-state index in [1.807, 2.05) is 0 Å². The van der Waals surface area contributed by atoms with Gasteiger partial charge >= 0.3 is 6.03 Å². The van der Waals surface area contributed by atoms with Gasteiger partial charge in [0.25, 0.3) is 0 Å². The van der Waals surface area contributed by atoms with E-state index in [-0.39, 0.29) is 5.82 Å². The number of halogens is 1. The van der Waals surface area contributed by atoms with E-state index in [4.69, 9.17) is 5.73 Å². The van der Waals surface area contributed by atoms with Crippen molar-refractivity contribution in [1.82, 2.24) is 4.98 Å². The van der Waals surface area contributed by atoms with Gasteiger partial charge in [-0.2, -0.15) is 0 Å². The molecule has 0 aliphatic carbocycles. The normalized spacial score (nSPS) is 9.83. The van der Waals surface area contributed by atoms with Crippen molar-refractivity contribution >= 4 is 23.1 Å². The molecule has 92 valence electrons. The average Bonchev–Trinajstić information content (AvgIpc) is 2.35. The Bertz CT molecular complexity index is 556. The predicted octanol–water partition coefficient (Wildman–Crippen LogP) is 2.45. The van der Waals surface area contributed by atoms with E-state index in [0.717, 1.165) is 0 Å². The molecule has 1 aromatic carbocycles. The zero-order valence-corrected chi connectivity index (χ0v) is 9.35. The number of nitrogens with one attached hydrogen (secondary N) is 2. The van der Waals surface area contributed by atoms with E-state index in [0.29, 0.717) is 17.1 Å². The van der Waals surface area contributed by atoms with Gasteiger partial charge in [0.15, 0.2) is 0 Å². The quantitative estimate of drug-likeness (QED) is 0.761. The predicted molar refractivity (Wildman–Crippen MR) is 67.7 cm³/mol. The number of nitrogens with two attached hydrogens (primary N) is 1. The molecule has 4 N–H and O–H groups in total. The summed E-state index contributed by atoms with van der Waals surface area (Å²) in [5, 5.41) is 5.12. The topological polar surface area (TPSA) is 80.0 Å². The largest absolute Gasteiger partial charge is 0.396 e. The highest BCUT2D eigenvalue weighted by molar-refractivity contribution is 6.01. The summed E-state index contributed by atoms with van der Waals surface area (Å²) in [5.41, 5.74) is 6.95. The molecule has 0 saturated heterocycles. The van der Waals surface area contributed by atoms with Crippen LogP contribution in [0.2, 0.25) is 0 Å². The monoisotopic (exact) mass is 246 g/mol. The lowest BCUT2D eigenvalue weighted by Gasteiger charge is -2.08. The number of carbonyl (C=O) groups excluding carboxylic acids is 1. The number of hydrogen-bond acceptors (Lipinski definition) is 3. The molecule has 0 spiro atoms. The number of nitrogens with zero attached hydrogens (tertiary/aromatic N) is 1. The summed E-state index contributed by atoms with van der Waals surface area (Å²) in [5.74, 6) is -0.362. The molecule has 5 nitrogen and oxygen atoms in total. The highest BCUT2D eigenvalue weighted by Gasteiger charge is 2.04. The summed E-state index contributed by atoms with van der Waals surface area (Å²) < 4.78 is 12.7. The lowest BCUT2D eigenvalue weighted by atomic mass is 10.3. The second kappa shape index (κ2) is 5.13. The molecule has 0 saturated carbocycles. The molecule has 0 aliphatic rings. The molecule has 1 aromatic heterocycles. The Hall–Kier alpha value is -2.63. The number of carbonyl (C=O) groups is 1. The minimum absolute atomic E-state index is 0.362. The second-order valence-corrected chi connectivity index (χ2v) is 3.55. The van der Waals surface area contributed by atoms with Crippen LogP contribution in [0, 0.1) is 5.82 Å². The van der Waals surface area contributed by atoms with Gasteiger partial charge in [-0.15, -0.1) is 0 Å². The Labute approximate surface area is 103 Å². The third-order valence-electron chi connectivity index (χ3n) is 2.20. The number of rotatable bonds is 2. The smallest absolute Gasteiger partial charge is 0.323 e. The molecule has 1 heterocycles. The van der Waals surface area contributed by atoms with Crippen molar-refractivity contribution in [2.75, 3.05) is 16.4 Å². The third kappa shape index (κ3) is 2.94. The summed E-state index contributed by atoms with van der Waals surface area (Å²) in [6, 6.07) is 6.57. The summed E-state index contributed by atoms with van der Waals surface area (Å²) in [6.45, 7) is 0. The van der Waals surface area contributed by atoms with Crippen LogP contribution in [0.25, 0.3) is 0 Å². The van der Waals surface area contributed by atoms with Crippen molar-refractivity contribution < 1.29 is 9.18 Å². The number of pyridine rings is 1. The SMILES string of the molecule is Nc1cnccc1NC(=O)Nc1ccc(F)cc1. The first-order valence-electron chi connectivity index (χ1n) is 5.18. The minimum atomic E-state index is -0.459.